The summed E-state index contributed by atoms with van der Waals surface area (Å²) in [5.74, 6) is 2.44. The largest absolute Gasteiger partial charge is 0.495 e. The van der Waals surface area contributed by atoms with Gasteiger partial charge in [0.2, 0.25) is 0 Å². The predicted octanol–water partition coefficient (Wildman–Crippen LogP) is 2.48. The monoisotopic (exact) mass is 402 g/mol. The maximum Gasteiger partial charge on any atom is 0.322 e. The Labute approximate surface area is 169 Å². The smallest absolute Gasteiger partial charge is 0.322 e. The number of halogens is 1. The first-order valence-electron chi connectivity index (χ1n) is 9.28. The molecule has 8 nitrogen and oxygen atoms in total. The molecular formula is C19H23ClN6O2. The number of methoxy groups -OCH3 is 1. The van der Waals surface area contributed by atoms with Crippen molar-refractivity contribution in [3.63, 3.8) is 0 Å². The summed E-state index contributed by atoms with van der Waals surface area (Å²) in [5, 5.41) is 3.43. The van der Waals surface area contributed by atoms with E-state index < -0.39 is 0 Å². The average Bonchev–Trinajstić information content (AvgIpc) is 3.07. The lowest BCUT2D eigenvalue weighted by atomic mass is 10.3. The number of carbonyl (C=O) groups excluding carboxylic acids is 1. The first-order valence-corrected chi connectivity index (χ1v) is 9.66. The van der Waals surface area contributed by atoms with Gasteiger partial charge in [0.05, 0.1) is 25.2 Å². The molecule has 0 aliphatic carbocycles. The highest BCUT2D eigenvalue weighted by Gasteiger charge is 2.27. The van der Waals surface area contributed by atoms with E-state index in [4.69, 9.17) is 16.3 Å². The van der Waals surface area contributed by atoms with Crippen LogP contribution in [0.4, 0.5) is 10.5 Å². The van der Waals surface area contributed by atoms with Gasteiger partial charge in [0, 0.05) is 43.8 Å². The van der Waals surface area contributed by atoms with Gasteiger partial charge in [-0.1, -0.05) is 11.6 Å². The van der Waals surface area contributed by atoms with Gasteiger partial charge in [-0.15, -0.1) is 0 Å². The lowest BCUT2D eigenvalue weighted by Gasteiger charge is -2.36. The van der Waals surface area contributed by atoms with Gasteiger partial charge in [-0.25, -0.2) is 9.79 Å². The van der Waals surface area contributed by atoms with Crippen LogP contribution in [0.25, 0.3) is 0 Å². The Morgan fingerprint density at radius 2 is 2.07 bits per heavy atom. The maximum absolute atomic E-state index is 12.6. The van der Waals surface area contributed by atoms with E-state index in [1.807, 2.05) is 12.4 Å². The molecule has 28 heavy (non-hydrogen) atoms. The summed E-state index contributed by atoms with van der Waals surface area (Å²) >= 11 is 6.04. The highest BCUT2D eigenvalue weighted by Crippen LogP contribution is 2.28. The molecule has 2 amide bonds. The molecule has 0 unspecified atom stereocenters. The fraction of sp³-hybridized carbons (Fsp3) is 0.421. The summed E-state index contributed by atoms with van der Waals surface area (Å²) in [5.41, 5.74) is 0.565. The summed E-state index contributed by atoms with van der Waals surface area (Å²) in [4.78, 5) is 27.9. The first kappa shape index (κ1) is 18.6. The Morgan fingerprint density at radius 3 is 2.82 bits per heavy atom. The molecule has 1 saturated heterocycles. The first-order chi connectivity index (χ1) is 13.5. The van der Waals surface area contributed by atoms with Crippen LogP contribution in [0.3, 0.4) is 0 Å². The van der Waals surface area contributed by atoms with Crippen LogP contribution in [0.2, 0.25) is 5.02 Å². The number of ether oxygens (including phenoxy) is 1. The molecule has 0 radical (unpaired) electrons. The van der Waals surface area contributed by atoms with Crippen LogP contribution in [-0.2, 0) is 0 Å². The van der Waals surface area contributed by atoms with Crippen LogP contribution in [-0.4, -0.2) is 78.8 Å². The molecule has 1 fully saturated rings. The van der Waals surface area contributed by atoms with Crippen molar-refractivity contribution in [1.82, 2.24) is 14.7 Å². The van der Waals surface area contributed by atoms with Crippen molar-refractivity contribution in [3.05, 3.63) is 35.1 Å². The van der Waals surface area contributed by atoms with Gasteiger partial charge in [-0.2, -0.15) is 0 Å². The van der Waals surface area contributed by atoms with Crippen LogP contribution in [0.1, 0.15) is 6.92 Å². The van der Waals surface area contributed by atoms with E-state index in [1.54, 1.807) is 30.2 Å². The second kappa shape index (κ2) is 7.71. The molecule has 0 bridgehead atoms. The fourth-order valence-corrected chi connectivity index (χ4v) is 3.68. The molecule has 148 valence electrons. The molecule has 9 heteroatoms. The van der Waals surface area contributed by atoms with Crippen molar-refractivity contribution in [1.29, 1.82) is 0 Å². The zero-order valence-corrected chi connectivity index (χ0v) is 16.7. The minimum atomic E-state index is -0.165. The average molecular weight is 403 g/mol. The lowest BCUT2D eigenvalue weighted by molar-refractivity contribution is 0.166. The number of fused-ring (bicyclic) bond motifs is 1. The maximum atomic E-state index is 12.6. The molecule has 0 aromatic heterocycles. The number of nitrogens with zero attached hydrogens (tertiary/aromatic N) is 5. The van der Waals surface area contributed by atoms with Crippen LogP contribution < -0.4 is 10.1 Å². The zero-order valence-electron chi connectivity index (χ0n) is 15.9. The summed E-state index contributed by atoms with van der Waals surface area (Å²) in [6.45, 7) is 5.61. The molecule has 1 N–H and O–H groups in total. The fourth-order valence-electron chi connectivity index (χ4n) is 3.51. The number of anilines is 1. The van der Waals surface area contributed by atoms with Crippen molar-refractivity contribution >= 4 is 35.5 Å². The third kappa shape index (κ3) is 3.77. The standard InChI is InChI=1S/C19H23ClN6O2/c1-13-11-26-12-21-17(10-18(26)22-13)24-5-7-25(8-6-24)19(27)23-15-9-14(20)3-4-16(15)28-2/h3-4,9-10,12-13H,5-8,11H2,1-2H3,(H,23,27)/t13-/m0/s1. The second-order valence-corrected chi connectivity index (χ2v) is 7.42. The van der Waals surface area contributed by atoms with Crippen molar-refractivity contribution in [2.45, 2.75) is 13.0 Å². The number of urea groups is 1. The molecular weight excluding hydrogens is 380 g/mol. The minimum Gasteiger partial charge on any atom is -0.495 e. The normalized spacial score (nSPS) is 21.2. The third-order valence-electron chi connectivity index (χ3n) is 4.99. The van der Waals surface area contributed by atoms with Gasteiger partial charge in [0.25, 0.3) is 0 Å². The highest BCUT2D eigenvalue weighted by molar-refractivity contribution is 6.31. The number of hydrogen-bond donors (Lipinski definition) is 1. The SMILES string of the molecule is COc1ccc(Cl)cc1NC(=O)N1CCN(C2=CC3=N[C@@H](C)CN3C=N2)CC1. The zero-order chi connectivity index (χ0) is 19.7. The van der Waals surface area contributed by atoms with Crippen LogP contribution in [0, 0.1) is 0 Å². The van der Waals surface area contributed by atoms with E-state index in [1.165, 1.54) is 0 Å². The lowest BCUT2D eigenvalue weighted by Crippen LogP contribution is -2.50. The van der Waals surface area contributed by atoms with E-state index in [9.17, 15) is 4.79 Å². The molecule has 1 atom stereocenters. The van der Waals surface area contributed by atoms with Gasteiger partial charge in [-0.05, 0) is 25.1 Å². The number of rotatable bonds is 3. The van der Waals surface area contributed by atoms with E-state index in [0.717, 1.165) is 18.2 Å². The number of carbonyl (C=O) groups is 1. The second-order valence-electron chi connectivity index (χ2n) is 6.98. The summed E-state index contributed by atoms with van der Waals surface area (Å²) < 4.78 is 5.29. The summed E-state index contributed by atoms with van der Waals surface area (Å²) in [6, 6.07) is 5.27. The summed E-state index contributed by atoms with van der Waals surface area (Å²) in [6.07, 6.45) is 3.87. The van der Waals surface area contributed by atoms with Crippen molar-refractivity contribution in [3.8, 4) is 5.75 Å². The Kier molecular flexibility index (Phi) is 5.13. The topological polar surface area (TPSA) is 72.8 Å². The number of piperazine rings is 1. The van der Waals surface area contributed by atoms with E-state index in [2.05, 4.69) is 32.0 Å². The van der Waals surface area contributed by atoms with Crippen LogP contribution in [0.15, 0.2) is 40.1 Å². The molecule has 3 aliphatic heterocycles. The Balaban J connectivity index is 1.36. The number of amides is 2. The Bertz CT molecular complexity index is 860. The van der Waals surface area contributed by atoms with E-state index in [0.29, 0.717) is 48.7 Å². The minimum absolute atomic E-state index is 0.165. The number of aliphatic imine (C=N–C) groups is 2. The van der Waals surface area contributed by atoms with Gasteiger partial charge in [0.1, 0.15) is 17.4 Å². The number of nitrogens with one attached hydrogen (secondary N) is 1. The molecule has 1 aromatic carbocycles. The number of amidine groups is 1. The van der Waals surface area contributed by atoms with Crippen molar-refractivity contribution in [2.24, 2.45) is 9.98 Å². The van der Waals surface area contributed by atoms with Gasteiger partial charge < -0.3 is 24.8 Å². The number of hydrogen-bond acceptors (Lipinski definition) is 6. The molecule has 3 heterocycles. The van der Waals surface area contributed by atoms with Crippen molar-refractivity contribution < 1.29 is 9.53 Å². The van der Waals surface area contributed by atoms with Crippen LogP contribution >= 0.6 is 11.6 Å². The molecule has 1 aromatic rings. The number of benzene rings is 1. The third-order valence-corrected chi connectivity index (χ3v) is 5.22. The Hall–Kier alpha value is -2.74. The highest BCUT2D eigenvalue weighted by atomic mass is 35.5. The molecule has 4 rings (SSSR count). The van der Waals surface area contributed by atoms with Gasteiger partial charge >= 0.3 is 6.03 Å². The van der Waals surface area contributed by atoms with E-state index in [-0.39, 0.29) is 6.03 Å². The predicted molar refractivity (Wildman–Crippen MR) is 110 cm³/mol. The van der Waals surface area contributed by atoms with E-state index >= 15 is 0 Å². The Morgan fingerprint density at radius 1 is 1.29 bits per heavy atom. The van der Waals surface area contributed by atoms with Gasteiger partial charge in [-0.3, -0.25) is 4.99 Å². The molecule has 3 aliphatic rings. The summed E-state index contributed by atoms with van der Waals surface area (Å²) in [7, 11) is 1.56. The van der Waals surface area contributed by atoms with Crippen molar-refractivity contribution in [2.75, 3.05) is 45.2 Å². The molecule has 0 saturated carbocycles. The van der Waals surface area contributed by atoms with Gasteiger partial charge in [0.15, 0.2) is 0 Å². The molecule has 0 spiro atoms. The quantitative estimate of drug-likeness (QED) is 0.843. The van der Waals surface area contributed by atoms with Crippen LogP contribution in [0.5, 0.6) is 5.75 Å².